The molecule has 0 radical (unpaired) electrons. The van der Waals surface area contributed by atoms with Crippen molar-refractivity contribution in [1.82, 2.24) is 0 Å². The largest absolute Gasteiger partial charge is 0.378 e. The highest BCUT2D eigenvalue weighted by Crippen LogP contribution is 2.24. The molecule has 0 saturated heterocycles. The summed E-state index contributed by atoms with van der Waals surface area (Å²) in [5, 5.41) is 3.79. The zero-order valence-corrected chi connectivity index (χ0v) is 11.2. The third-order valence-electron chi connectivity index (χ3n) is 2.88. The van der Waals surface area contributed by atoms with Crippen LogP contribution in [0.5, 0.6) is 0 Å². The molecular formula is C15H14ClF2N. The predicted molar refractivity (Wildman–Crippen MR) is 74.5 cm³/mol. The van der Waals surface area contributed by atoms with Gasteiger partial charge in [0.2, 0.25) is 0 Å². The second-order valence-corrected chi connectivity index (χ2v) is 4.75. The molecule has 0 saturated carbocycles. The molecule has 0 fully saturated rings. The SMILES string of the molecule is CCC(Nc1cc(F)cc(F)c1)c1ccc(Cl)cc1. The van der Waals surface area contributed by atoms with Crippen molar-refractivity contribution in [3.05, 3.63) is 64.7 Å². The molecule has 1 atom stereocenters. The summed E-state index contributed by atoms with van der Waals surface area (Å²) in [6, 6.07) is 10.8. The van der Waals surface area contributed by atoms with Crippen LogP contribution in [0.25, 0.3) is 0 Å². The van der Waals surface area contributed by atoms with Gasteiger partial charge >= 0.3 is 0 Å². The summed E-state index contributed by atoms with van der Waals surface area (Å²) in [6.07, 6.45) is 0.791. The van der Waals surface area contributed by atoms with Crippen LogP contribution >= 0.6 is 11.6 Å². The third kappa shape index (κ3) is 3.67. The zero-order chi connectivity index (χ0) is 13.8. The normalized spacial score (nSPS) is 12.2. The van der Waals surface area contributed by atoms with Crippen molar-refractivity contribution in [2.24, 2.45) is 0 Å². The number of rotatable bonds is 4. The summed E-state index contributed by atoms with van der Waals surface area (Å²) in [6.45, 7) is 2.00. The first kappa shape index (κ1) is 13.8. The molecule has 1 nitrogen and oxygen atoms in total. The fourth-order valence-electron chi connectivity index (χ4n) is 1.95. The quantitative estimate of drug-likeness (QED) is 0.814. The molecule has 2 aromatic rings. The molecule has 100 valence electrons. The first-order chi connectivity index (χ1) is 9.08. The topological polar surface area (TPSA) is 12.0 Å². The number of anilines is 1. The molecule has 2 rings (SSSR count). The van der Waals surface area contributed by atoms with E-state index in [2.05, 4.69) is 5.32 Å². The van der Waals surface area contributed by atoms with Crippen molar-refractivity contribution in [2.45, 2.75) is 19.4 Å². The van der Waals surface area contributed by atoms with Crippen LogP contribution in [0.1, 0.15) is 24.9 Å². The molecule has 0 bridgehead atoms. The second-order valence-electron chi connectivity index (χ2n) is 4.31. The zero-order valence-electron chi connectivity index (χ0n) is 10.5. The van der Waals surface area contributed by atoms with Crippen molar-refractivity contribution in [1.29, 1.82) is 0 Å². The van der Waals surface area contributed by atoms with Crippen molar-refractivity contribution in [3.8, 4) is 0 Å². The summed E-state index contributed by atoms with van der Waals surface area (Å²) in [4.78, 5) is 0. The minimum absolute atomic E-state index is 0.0153. The third-order valence-corrected chi connectivity index (χ3v) is 3.14. The Labute approximate surface area is 116 Å². The molecule has 0 spiro atoms. The van der Waals surface area contributed by atoms with E-state index in [-0.39, 0.29) is 6.04 Å². The van der Waals surface area contributed by atoms with E-state index in [0.29, 0.717) is 10.7 Å². The standard InChI is InChI=1S/C15H14ClF2N/c1-2-15(10-3-5-11(16)6-4-10)19-14-8-12(17)7-13(18)9-14/h3-9,15,19H,2H2,1H3. The molecule has 0 aliphatic rings. The molecule has 19 heavy (non-hydrogen) atoms. The van der Waals surface area contributed by atoms with Gasteiger partial charge in [0.1, 0.15) is 11.6 Å². The van der Waals surface area contributed by atoms with Crippen LogP contribution in [0.2, 0.25) is 5.02 Å². The van der Waals surface area contributed by atoms with Gasteiger partial charge in [-0.3, -0.25) is 0 Å². The Bertz CT molecular complexity index is 534. The van der Waals surface area contributed by atoms with E-state index in [0.717, 1.165) is 18.1 Å². The van der Waals surface area contributed by atoms with Crippen molar-refractivity contribution in [2.75, 3.05) is 5.32 Å². The maximum Gasteiger partial charge on any atom is 0.128 e. The highest BCUT2D eigenvalue weighted by molar-refractivity contribution is 6.30. The van der Waals surface area contributed by atoms with Crippen LogP contribution < -0.4 is 5.32 Å². The molecule has 0 heterocycles. The van der Waals surface area contributed by atoms with Gasteiger partial charge in [0, 0.05) is 16.8 Å². The Kier molecular flexibility index (Phi) is 4.38. The van der Waals surface area contributed by atoms with E-state index in [1.807, 2.05) is 19.1 Å². The fraction of sp³-hybridized carbons (Fsp3) is 0.200. The van der Waals surface area contributed by atoms with Crippen LogP contribution in [0.3, 0.4) is 0 Å². The van der Waals surface area contributed by atoms with Gasteiger partial charge in [0.15, 0.2) is 0 Å². The summed E-state index contributed by atoms with van der Waals surface area (Å²) in [7, 11) is 0. The minimum Gasteiger partial charge on any atom is -0.378 e. The van der Waals surface area contributed by atoms with Gasteiger partial charge < -0.3 is 5.32 Å². The number of hydrogen-bond acceptors (Lipinski definition) is 1. The van der Waals surface area contributed by atoms with Gasteiger partial charge in [0.25, 0.3) is 0 Å². The number of benzene rings is 2. The van der Waals surface area contributed by atoms with E-state index in [1.165, 1.54) is 12.1 Å². The lowest BCUT2D eigenvalue weighted by Gasteiger charge is -2.19. The molecule has 1 N–H and O–H groups in total. The predicted octanol–water partition coefficient (Wildman–Crippen LogP) is 5.18. The summed E-state index contributed by atoms with van der Waals surface area (Å²) in [5.41, 5.74) is 1.45. The Morgan fingerprint density at radius 3 is 2.16 bits per heavy atom. The molecule has 4 heteroatoms. The molecule has 2 aromatic carbocycles. The first-order valence-corrected chi connectivity index (χ1v) is 6.44. The van der Waals surface area contributed by atoms with E-state index < -0.39 is 11.6 Å². The highest BCUT2D eigenvalue weighted by Gasteiger charge is 2.10. The first-order valence-electron chi connectivity index (χ1n) is 6.06. The lowest BCUT2D eigenvalue weighted by molar-refractivity contribution is 0.583. The Hall–Kier alpha value is -1.61. The molecular weight excluding hydrogens is 268 g/mol. The van der Waals surface area contributed by atoms with E-state index in [4.69, 9.17) is 11.6 Å². The van der Waals surface area contributed by atoms with Gasteiger partial charge in [-0.1, -0.05) is 30.7 Å². The van der Waals surface area contributed by atoms with Gasteiger partial charge in [-0.15, -0.1) is 0 Å². The van der Waals surface area contributed by atoms with Crippen LogP contribution in [0, 0.1) is 11.6 Å². The second kappa shape index (κ2) is 6.02. The van der Waals surface area contributed by atoms with Crippen LogP contribution in [-0.2, 0) is 0 Å². The number of hydrogen-bond donors (Lipinski definition) is 1. The van der Waals surface area contributed by atoms with Gasteiger partial charge in [-0.05, 0) is 36.2 Å². The number of nitrogens with one attached hydrogen (secondary N) is 1. The fourth-order valence-corrected chi connectivity index (χ4v) is 2.08. The number of halogens is 3. The molecule has 0 aliphatic carbocycles. The molecule has 0 aromatic heterocycles. The van der Waals surface area contributed by atoms with Crippen molar-refractivity contribution >= 4 is 17.3 Å². The maximum atomic E-state index is 13.1. The minimum atomic E-state index is -0.589. The van der Waals surface area contributed by atoms with Crippen LogP contribution in [0.4, 0.5) is 14.5 Å². The Morgan fingerprint density at radius 1 is 1.05 bits per heavy atom. The van der Waals surface area contributed by atoms with Gasteiger partial charge in [-0.2, -0.15) is 0 Å². The Balaban J connectivity index is 2.21. The Morgan fingerprint density at radius 2 is 1.63 bits per heavy atom. The summed E-state index contributed by atoms with van der Waals surface area (Å²) >= 11 is 5.84. The summed E-state index contributed by atoms with van der Waals surface area (Å²) in [5.74, 6) is -1.18. The average Bonchev–Trinajstić information content (AvgIpc) is 2.36. The molecule has 0 amide bonds. The molecule has 0 aliphatic heterocycles. The van der Waals surface area contributed by atoms with E-state index in [9.17, 15) is 8.78 Å². The van der Waals surface area contributed by atoms with Gasteiger partial charge in [-0.25, -0.2) is 8.78 Å². The van der Waals surface area contributed by atoms with Crippen molar-refractivity contribution in [3.63, 3.8) is 0 Å². The van der Waals surface area contributed by atoms with E-state index in [1.54, 1.807) is 12.1 Å². The highest BCUT2D eigenvalue weighted by atomic mass is 35.5. The van der Waals surface area contributed by atoms with Crippen molar-refractivity contribution < 1.29 is 8.78 Å². The summed E-state index contributed by atoms with van der Waals surface area (Å²) < 4.78 is 26.3. The van der Waals surface area contributed by atoms with E-state index >= 15 is 0 Å². The monoisotopic (exact) mass is 281 g/mol. The lowest BCUT2D eigenvalue weighted by atomic mass is 10.0. The van der Waals surface area contributed by atoms with Crippen LogP contribution in [0.15, 0.2) is 42.5 Å². The maximum absolute atomic E-state index is 13.1. The molecule has 1 unspecified atom stereocenters. The average molecular weight is 282 g/mol. The van der Waals surface area contributed by atoms with Gasteiger partial charge in [0.05, 0.1) is 6.04 Å². The van der Waals surface area contributed by atoms with Crippen LogP contribution in [-0.4, -0.2) is 0 Å². The lowest BCUT2D eigenvalue weighted by Crippen LogP contribution is -2.10. The smallest absolute Gasteiger partial charge is 0.128 e.